The molecule has 0 aliphatic carbocycles. The largest absolute Gasteiger partial charge is 0.356 e. The standard InChI is InChI=1S/C20H27N3O2S2/c1-21-20(23(2)16-17-10-12-18(26-3)13-11-17)22-14-7-15-27(24,25)19-8-5-4-6-9-19/h4-6,8-13H,7,14-16H2,1-3H3,(H,21,22). The van der Waals surface area contributed by atoms with Crippen LogP contribution in [0.2, 0.25) is 0 Å². The molecule has 0 amide bonds. The molecular formula is C20H27N3O2S2. The minimum absolute atomic E-state index is 0.112. The highest BCUT2D eigenvalue weighted by atomic mass is 32.2. The normalized spacial score (nSPS) is 12.0. The van der Waals surface area contributed by atoms with E-state index < -0.39 is 9.84 Å². The van der Waals surface area contributed by atoms with Gasteiger partial charge in [0.1, 0.15) is 0 Å². The maximum atomic E-state index is 12.3. The van der Waals surface area contributed by atoms with Crippen molar-refractivity contribution in [2.24, 2.45) is 4.99 Å². The fourth-order valence-corrected chi connectivity index (χ4v) is 4.41. The number of rotatable bonds is 8. The second kappa shape index (κ2) is 10.4. The second-order valence-corrected chi connectivity index (χ2v) is 9.15. The molecule has 0 atom stereocenters. The molecule has 0 aromatic heterocycles. The maximum absolute atomic E-state index is 12.3. The van der Waals surface area contributed by atoms with Gasteiger partial charge in [-0.1, -0.05) is 30.3 Å². The van der Waals surface area contributed by atoms with Crippen LogP contribution in [0.25, 0.3) is 0 Å². The van der Waals surface area contributed by atoms with Crippen LogP contribution >= 0.6 is 11.8 Å². The van der Waals surface area contributed by atoms with E-state index in [-0.39, 0.29) is 5.75 Å². The summed E-state index contributed by atoms with van der Waals surface area (Å²) in [6, 6.07) is 17.0. The summed E-state index contributed by atoms with van der Waals surface area (Å²) >= 11 is 1.72. The maximum Gasteiger partial charge on any atom is 0.193 e. The molecule has 0 heterocycles. The van der Waals surface area contributed by atoms with E-state index in [4.69, 9.17) is 0 Å². The van der Waals surface area contributed by atoms with Crippen molar-refractivity contribution < 1.29 is 8.42 Å². The van der Waals surface area contributed by atoms with Gasteiger partial charge in [0.05, 0.1) is 10.6 Å². The van der Waals surface area contributed by atoms with Gasteiger partial charge in [0, 0.05) is 32.1 Å². The Balaban J connectivity index is 1.82. The van der Waals surface area contributed by atoms with Crippen LogP contribution in [0.4, 0.5) is 0 Å². The van der Waals surface area contributed by atoms with Gasteiger partial charge >= 0.3 is 0 Å². The van der Waals surface area contributed by atoms with Crippen LogP contribution in [-0.4, -0.2) is 51.9 Å². The molecule has 5 nitrogen and oxygen atoms in total. The summed E-state index contributed by atoms with van der Waals surface area (Å²) in [5.74, 6) is 0.863. The zero-order valence-electron chi connectivity index (χ0n) is 16.1. The van der Waals surface area contributed by atoms with Crippen molar-refractivity contribution in [1.29, 1.82) is 0 Å². The molecule has 2 aromatic carbocycles. The van der Waals surface area contributed by atoms with E-state index in [1.54, 1.807) is 43.1 Å². The number of nitrogens with zero attached hydrogens (tertiary/aromatic N) is 2. The summed E-state index contributed by atoms with van der Waals surface area (Å²) in [5.41, 5.74) is 1.20. The predicted octanol–water partition coefficient (Wildman–Crippen LogP) is 3.28. The van der Waals surface area contributed by atoms with Crippen molar-refractivity contribution in [3.63, 3.8) is 0 Å². The van der Waals surface area contributed by atoms with Gasteiger partial charge in [0.25, 0.3) is 0 Å². The molecule has 2 aromatic rings. The van der Waals surface area contributed by atoms with Crippen molar-refractivity contribution in [1.82, 2.24) is 10.2 Å². The molecule has 146 valence electrons. The van der Waals surface area contributed by atoms with E-state index in [0.29, 0.717) is 17.9 Å². The quantitative estimate of drug-likeness (QED) is 0.316. The van der Waals surface area contributed by atoms with E-state index in [1.807, 2.05) is 18.0 Å². The number of benzene rings is 2. The molecule has 0 unspecified atom stereocenters. The number of hydrogen-bond donors (Lipinski definition) is 1. The molecule has 0 radical (unpaired) electrons. The summed E-state index contributed by atoms with van der Waals surface area (Å²) in [4.78, 5) is 7.93. The minimum atomic E-state index is -3.24. The van der Waals surface area contributed by atoms with Crippen LogP contribution in [0.3, 0.4) is 0 Å². The van der Waals surface area contributed by atoms with Crippen LogP contribution in [0, 0.1) is 0 Å². The van der Waals surface area contributed by atoms with Gasteiger partial charge < -0.3 is 10.2 Å². The summed E-state index contributed by atoms with van der Waals surface area (Å²) in [7, 11) is 0.467. The lowest BCUT2D eigenvalue weighted by atomic mass is 10.2. The number of nitrogens with one attached hydrogen (secondary N) is 1. The van der Waals surface area contributed by atoms with Gasteiger partial charge in [0.2, 0.25) is 0 Å². The molecule has 0 saturated heterocycles. The lowest BCUT2D eigenvalue weighted by Crippen LogP contribution is -2.39. The van der Waals surface area contributed by atoms with Crippen molar-refractivity contribution in [2.45, 2.75) is 22.8 Å². The predicted molar refractivity (Wildman–Crippen MR) is 114 cm³/mol. The van der Waals surface area contributed by atoms with Crippen LogP contribution in [0.1, 0.15) is 12.0 Å². The zero-order valence-corrected chi connectivity index (χ0v) is 17.7. The second-order valence-electron chi connectivity index (χ2n) is 6.16. The van der Waals surface area contributed by atoms with Crippen LogP contribution in [-0.2, 0) is 16.4 Å². The number of hydrogen-bond acceptors (Lipinski definition) is 4. The molecule has 0 bridgehead atoms. The summed E-state index contributed by atoms with van der Waals surface area (Å²) in [5, 5.41) is 3.24. The van der Waals surface area contributed by atoms with Gasteiger partial charge in [-0.3, -0.25) is 4.99 Å². The summed E-state index contributed by atoms with van der Waals surface area (Å²) in [6.45, 7) is 1.28. The Morgan fingerprint density at radius 2 is 1.78 bits per heavy atom. The molecule has 0 aliphatic rings. The first-order chi connectivity index (χ1) is 13.0. The first-order valence-corrected chi connectivity index (χ1v) is 11.7. The summed E-state index contributed by atoms with van der Waals surface area (Å²) < 4.78 is 24.6. The Labute approximate surface area is 166 Å². The molecule has 0 saturated carbocycles. The first-order valence-electron chi connectivity index (χ1n) is 8.79. The van der Waals surface area contributed by atoms with Crippen LogP contribution in [0.15, 0.2) is 69.4 Å². The lowest BCUT2D eigenvalue weighted by molar-refractivity contribution is 0.476. The number of sulfone groups is 1. The molecule has 1 N–H and O–H groups in total. The monoisotopic (exact) mass is 405 g/mol. The Bertz CT molecular complexity index is 835. The highest BCUT2D eigenvalue weighted by Gasteiger charge is 2.13. The molecule has 0 fully saturated rings. The van der Waals surface area contributed by atoms with Gasteiger partial charge in [0.15, 0.2) is 15.8 Å². The van der Waals surface area contributed by atoms with Gasteiger partial charge in [-0.15, -0.1) is 11.8 Å². The molecule has 27 heavy (non-hydrogen) atoms. The molecular weight excluding hydrogens is 378 g/mol. The van der Waals surface area contributed by atoms with Crippen molar-refractivity contribution in [3.8, 4) is 0 Å². The highest BCUT2D eigenvalue weighted by Crippen LogP contribution is 2.15. The average molecular weight is 406 g/mol. The highest BCUT2D eigenvalue weighted by molar-refractivity contribution is 7.98. The third kappa shape index (κ3) is 6.59. The van der Waals surface area contributed by atoms with Gasteiger partial charge in [-0.25, -0.2) is 8.42 Å². The third-order valence-corrected chi connectivity index (χ3v) is 6.69. The zero-order chi connectivity index (χ0) is 19.7. The summed E-state index contributed by atoms with van der Waals surface area (Å²) in [6.07, 6.45) is 2.58. The Kier molecular flexibility index (Phi) is 8.19. The minimum Gasteiger partial charge on any atom is -0.356 e. The SMILES string of the molecule is CN=C(NCCCS(=O)(=O)c1ccccc1)N(C)Cc1ccc(SC)cc1. The van der Waals surface area contributed by atoms with E-state index in [1.165, 1.54) is 10.5 Å². The van der Waals surface area contributed by atoms with E-state index in [0.717, 1.165) is 12.5 Å². The number of thioether (sulfide) groups is 1. The van der Waals surface area contributed by atoms with E-state index in [9.17, 15) is 8.42 Å². The Morgan fingerprint density at radius 3 is 2.37 bits per heavy atom. The Hall–Kier alpha value is -1.99. The first kappa shape index (κ1) is 21.3. The molecule has 7 heteroatoms. The fourth-order valence-electron chi connectivity index (χ4n) is 2.67. The van der Waals surface area contributed by atoms with Gasteiger partial charge in [-0.2, -0.15) is 0 Å². The van der Waals surface area contributed by atoms with E-state index >= 15 is 0 Å². The third-order valence-electron chi connectivity index (χ3n) is 4.13. The molecule has 0 spiro atoms. The molecule has 2 rings (SSSR count). The molecule has 0 aliphatic heterocycles. The smallest absolute Gasteiger partial charge is 0.193 e. The number of aliphatic imine (C=N–C) groups is 1. The van der Waals surface area contributed by atoms with Crippen molar-refractivity contribution >= 4 is 27.6 Å². The van der Waals surface area contributed by atoms with E-state index in [2.05, 4.69) is 40.8 Å². The Morgan fingerprint density at radius 1 is 1.11 bits per heavy atom. The topological polar surface area (TPSA) is 61.8 Å². The van der Waals surface area contributed by atoms with Gasteiger partial charge in [-0.05, 0) is 42.5 Å². The van der Waals surface area contributed by atoms with Crippen LogP contribution < -0.4 is 5.32 Å². The lowest BCUT2D eigenvalue weighted by Gasteiger charge is -2.22. The van der Waals surface area contributed by atoms with Crippen molar-refractivity contribution in [2.75, 3.05) is 32.6 Å². The number of guanidine groups is 1. The van der Waals surface area contributed by atoms with Crippen molar-refractivity contribution in [3.05, 3.63) is 60.2 Å². The fraction of sp³-hybridized carbons (Fsp3) is 0.350. The van der Waals surface area contributed by atoms with Crippen LogP contribution in [0.5, 0.6) is 0 Å². The average Bonchev–Trinajstić information content (AvgIpc) is 2.69.